The Morgan fingerprint density at radius 2 is 1.75 bits per heavy atom. The van der Waals surface area contributed by atoms with Crippen molar-refractivity contribution in [3.8, 4) is 0 Å². The van der Waals surface area contributed by atoms with Gasteiger partial charge in [0.2, 0.25) is 0 Å². The van der Waals surface area contributed by atoms with E-state index in [-0.39, 0.29) is 5.78 Å². The van der Waals surface area contributed by atoms with Crippen LogP contribution in [0, 0.1) is 0 Å². The van der Waals surface area contributed by atoms with Gasteiger partial charge in [0.05, 0.1) is 4.32 Å². The summed E-state index contributed by atoms with van der Waals surface area (Å²) in [5.41, 5.74) is 0.752. The molecule has 0 aromatic heterocycles. The predicted molar refractivity (Wildman–Crippen MR) is 70.2 cm³/mol. The molecule has 1 aromatic rings. The van der Waals surface area contributed by atoms with E-state index in [2.05, 4.69) is 31.9 Å². The number of benzene rings is 1. The molecule has 0 unspecified atom stereocenters. The number of ketones is 1. The van der Waals surface area contributed by atoms with Gasteiger partial charge in [-0.25, -0.2) is 0 Å². The van der Waals surface area contributed by atoms with Gasteiger partial charge in [0, 0.05) is 23.2 Å². The lowest BCUT2D eigenvalue weighted by Gasteiger charge is -2.30. The standard InChI is InChI=1S/C12H12Br2O2/c13-10-3-1-9(2-4-10)11(15)12(14)5-7-16-8-6-12/h1-4H,5-8H2. The fourth-order valence-electron chi connectivity index (χ4n) is 1.78. The lowest BCUT2D eigenvalue weighted by Crippen LogP contribution is -2.38. The summed E-state index contributed by atoms with van der Waals surface area (Å²) in [6, 6.07) is 7.49. The average molecular weight is 348 g/mol. The van der Waals surface area contributed by atoms with Crippen molar-refractivity contribution in [3.63, 3.8) is 0 Å². The first-order valence-electron chi connectivity index (χ1n) is 5.19. The van der Waals surface area contributed by atoms with E-state index in [9.17, 15) is 4.79 Å². The molecule has 86 valence electrons. The molecule has 0 atom stereocenters. The number of carbonyl (C=O) groups excluding carboxylic acids is 1. The van der Waals surface area contributed by atoms with Crippen LogP contribution in [0.4, 0.5) is 0 Å². The minimum atomic E-state index is -0.431. The van der Waals surface area contributed by atoms with E-state index in [1.807, 2.05) is 24.3 Å². The van der Waals surface area contributed by atoms with E-state index >= 15 is 0 Å². The van der Waals surface area contributed by atoms with Crippen molar-refractivity contribution >= 4 is 37.6 Å². The van der Waals surface area contributed by atoms with Crippen molar-refractivity contribution in [1.29, 1.82) is 0 Å². The number of Topliss-reactive ketones (excluding diaryl/α,β-unsaturated/α-hetero) is 1. The molecule has 4 heteroatoms. The van der Waals surface area contributed by atoms with Crippen molar-refractivity contribution in [1.82, 2.24) is 0 Å². The highest BCUT2D eigenvalue weighted by atomic mass is 79.9. The molecule has 0 spiro atoms. The maximum Gasteiger partial charge on any atom is 0.179 e. The normalized spacial score (nSPS) is 19.4. The van der Waals surface area contributed by atoms with Gasteiger partial charge < -0.3 is 4.74 Å². The van der Waals surface area contributed by atoms with E-state index in [4.69, 9.17) is 4.74 Å². The second kappa shape index (κ2) is 4.98. The Morgan fingerprint density at radius 1 is 1.19 bits per heavy atom. The molecule has 16 heavy (non-hydrogen) atoms. The van der Waals surface area contributed by atoms with Gasteiger partial charge in [0.1, 0.15) is 0 Å². The highest BCUT2D eigenvalue weighted by Gasteiger charge is 2.37. The summed E-state index contributed by atoms with van der Waals surface area (Å²) in [7, 11) is 0. The zero-order chi connectivity index (χ0) is 11.6. The van der Waals surface area contributed by atoms with Crippen molar-refractivity contribution in [3.05, 3.63) is 34.3 Å². The molecule has 0 radical (unpaired) electrons. The quantitative estimate of drug-likeness (QED) is 0.603. The van der Waals surface area contributed by atoms with Gasteiger partial charge in [-0.2, -0.15) is 0 Å². The molecule has 0 amide bonds. The second-order valence-electron chi connectivity index (χ2n) is 3.91. The Hall–Kier alpha value is -0.190. The first-order valence-corrected chi connectivity index (χ1v) is 6.77. The molecule has 1 saturated heterocycles. The van der Waals surface area contributed by atoms with Crippen molar-refractivity contribution in [2.45, 2.75) is 17.2 Å². The van der Waals surface area contributed by atoms with Crippen LogP contribution in [0.1, 0.15) is 23.2 Å². The zero-order valence-electron chi connectivity index (χ0n) is 8.71. The van der Waals surface area contributed by atoms with Gasteiger partial charge >= 0.3 is 0 Å². The van der Waals surface area contributed by atoms with Crippen LogP contribution in [0.3, 0.4) is 0 Å². The predicted octanol–water partition coefficient (Wildman–Crippen LogP) is 3.58. The minimum Gasteiger partial charge on any atom is -0.381 e. The summed E-state index contributed by atoms with van der Waals surface area (Å²) in [6.45, 7) is 1.29. The number of ether oxygens (including phenoxy) is 1. The van der Waals surface area contributed by atoms with Crippen molar-refractivity contribution < 1.29 is 9.53 Å². The largest absolute Gasteiger partial charge is 0.381 e. The first-order chi connectivity index (χ1) is 7.62. The Bertz CT molecular complexity index is 381. The Balaban J connectivity index is 2.20. The lowest BCUT2D eigenvalue weighted by molar-refractivity contribution is 0.0638. The molecular formula is C12H12Br2O2. The summed E-state index contributed by atoms with van der Waals surface area (Å²) in [6.07, 6.45) is 1.48. The maximum atomic E-state index is 12.3. The van der Waals surface area contributed by atoms with Crippen molar-refractivity contribution in [2.75, 3.05) is 13.2 Å². The Labute approximate surface area is 112 Å². The molecule has 1 fully saturated rings. The zero-order valence-corrected chi connectivity index (χ0v) is 11.9. The van der Waals surface area contributed by atoms with E-state index in [0.717, 1.165) is 22.9 Å². The average Bonchev–Trinajstić information content (AvgIpc) is 2.30. The summed E-state index contributed by atoms with van der Waals surface area (Å²) in [5, 5.41) is 0. The van der Waals surface area contributed by atoms with Gasteiger partial charge in [-0.05, 0) is 25.0 Å². The first kappa shape index (κ1) is 12.3. The summed E-state index contributed by atoms with van der Waals surface area (Å²) in [5.74, 6) is 0.156. The molecule has 1 aromatic carbocycles. The van der Waals surface area contributed by atoms with Gasteiger partial charge in [0.15, 0.2) is 5.78 Å². The molecular weight excluding hydrogens is 336 g/mol. The smallest absolute Gasteiger partial charge is 0.179 e. The number of hydrogen-bond donors (Lipinski definition) is 0. The molecule has 0 saturated carbocycles. The fourth-order valence-corrected chi connectivity index (χ4v) is 2.60. The van der Waals surface area contributed by atoms with Crippen LogP contribution < -0.4 is 0 Å². The number of carbonyl (C=O) groups is 1. The van der Waals surface area contributed by atoms with Gasteiger partial charge in [-0.1, -0.05) is 44.0 Å². The number of alkyl halides is 1. The van der Waals surface area contributed by atoms with E-state index in [1.54, 1.807) is 0 Å². The molecule has 2 nitrogen and oxygen atoms in total. The summed E-state index contributed by atoms with van der Waals surface area (Å²) in [4.78, 5) is 12.3. The third-order valence-electron chi connectivity index (χ3n) is 2.80. The van der Waals surface area contributed by atoms with Crippen LogP contribution in [0.5, 0.6) is 0 Å². The third kappa shape index (κ3) is 2.55. The van der Waals surface area contributed by atoms with E-state index in [0.29, 0.717) is 13.2 Å². The lowest BCUT2D eigenvalue weighted by atomic mass is 9.91. The van der Waals surface area contributed by atoms with Crippen molar-refractivity contribution in [2.24, 2.45) is 0 Å². The third-order valence-corrected chi connectivity index (χ3v) is 4.48. The maximum absolute atomic E-state index is 12.3. The highest BCUT2D eigenvalue weighted by molar-refractivity contribution is 9.10. The molecule has 1 heterocycles. The van der Waals surface area contributed by atoms with Crippen LogP contribution in [-0.4, -0.2) is 23.3 Å². The van der Waals surface area contributed by atoms with Crippen LogP contribution in [0.2, 0.25) is 0 Å². The number of hydrogen-bond acceptors (Lipinski definition) is 2. The Morgan fingerprint density at radius 3 is 2.31 bits per heavy atom. The molecule has 0 aliphatic carbocycles. The van der Waals surface area contributed by atoms with Gasteiger partial charge in [-0.15, -0.1) is 0 Å². The fraction of sp³-hybridized carbons (Fsp3) is 0.417. The van der Waals surface area contributed by atoms with Crippen LogP contribution in [-0.2, 0) is 4.74 Å². The summed E-state index contributed by atoms with van der Waals surface area (Å²) < 4.78 is 5.83. The second-order valence-corrected chi connectivity index (χ2v) is 6.35. The number of halogens is 2. The highest BCUT2D eigenvalue weighted by Crippen LogP contribution is 2.34. The van der Waals surface area contributed by atoms with Gasteiger partial charge in [0.25, 0.3) is 0 Å². The Kier molecular flexibility index (Phi) is 3.82. The SMILES string of the molecule is O=C(c1ccc(Br)cc1)C1(Br)CCOCC1. The van der Waals surface area contributed by atoms with Gasteiger partial charge in [-0.3, -0.25) is 4.79 Å². The van der Waals surface area contributed by atoms with E-state index < -0.39 is 4.32 Å². The molecule has 1 aliphatic rings. The number of rotatable bonds is 2. The van der Waals surface area contributed by atoms with E-state index in [1.165, 1.54) is 0 Å². The minimum absolute atomic E-state index is 0.156. The molecule has 0 bridgehead atoms. The molecule has 0 N–H and O–H groups in total. The monoisotopic (exact) mass is 346 g/mol. The summed E-state index contributed by atoms with van der Waals surface area (Å²) >= 11 is 6.94. The van der Waals surface area contributed by atoms with Crippen LogP contribution in [0.25, 0.3) is 0 Å². The molecule has 2 rings (SSSR count). The molecule has 1 aliphatic heterocycles. The van der Waals surface area contributed by atoms with Crippen LogP contribution >= 0.6 is 31.9 Å². The topological polar surface area (TPSA) is 26.3 Å². The van der Waals surface area contributed by atoms with Crippen LogP contribution in [0.15, 0.2) is 28.7 Å².